The highest BCUT2D eigenvalue weighted by molar-refractivity contribution is 8.13. The standard InChI is InChI=1S/C22H29N5S/c1-2-26-12-14-27(15-13-26)17-20-10-8-19(9-11-20)16-24-25-22(23)28-18-21-6-4-3-5-7-21/h3-11,16H,2,12-15,17-18H2,1H3,(H2,23,25). The normalized spacial score (nSPS) is 16.7. The van der Waals surface area contributed by atoms with Crippen LogP contribution in [0.15, 0.2) is 64.8 Å². The molecule has 0 aromatic heterocycles. The number of nitrogens with zero attached hydrogens (tertiary/aromatic N) is 4. The zero-order valence-electron chi connectivity index (χ0n) is 16.5. The van der Waals surface area contributed by atoms with Crippen LogP contribution in [0.3, 0.4) is 0 Å². The highest BCUT2D eigenvalue weighted by Crippen LogP contribution is 2.12. The molecule has 5 nitrogen and oxygen atoms in total. The van der Waals surface area contributed by atoms with Gasteiger partial charge in [0, 0.05) is 38.5 Å². The Kier molecular flexibility index (Phi) is 8.08. The molecule has 1 fully saturated rings. The van der Waals surface area contributed by atoms with Crippen molar-refractivity contribution in [2.75, 3.05) is 32.7 Å². The predicted octanol–water partition coefficient (Wildman–Crippen LogP) is 3.41. The van der Waals surface area contributed by atoms with E-state index in [1.807, 2.05) is 18.2 Å². The topological polar surface area (TPSA) is 57.2 Å². The van der Waals surface area contributed by atoms with Crippen molar-refractivity contribution in [3.05, 3.63) is 71.3 Å². The lowest BCUT2D eigenvalue weighted by Gasteiger charge is -2.34. The zero-order chi connectivity index (χ0) is 19.6. The van der Waals surface area contributed by atoms with Gasteiger partial charge in [0.1, 0.15) is 0 Å². The molecule has 0 unspecified atom stereocenters. The number of hydrogen-bond acceptors (Lipinski definition) is 5. The minimum absolute atomic E-state index is 0.475. The molecule has 1 aliphatic rings. The third-order valence-electron chi connectivity index (χ3n) is 4.89. The van der Waals surface area contributed by atoms with Gasteiger partial charge in [-0.3, -0.25) is 4.90 Å². The van der Waals surface area contributed by atoms with Gasteiger partial charge in [0.15, 0.2) is 5.17 Å². The molecule has 0 spiro atoms. The van der Waals surface area contributed by atoms with Gasteiger partial charge >= 0.3 is 0 Å². The molecule has 2 aromatic rings. The Morgan fingerprint density at radius 3 is 2.32 bits per heavy atom. The van der Waals surface area contributed by atoms with Gasteiger partial charge in [-0.05, 0) is 23.2 Å². The SMILES string of the molecule is CCN1CCN(Cc2ccc(C=NN=C(N)SCc3ccccc3)cc2)CC1. The number of nitrogens with two attached hydrogens (primary N) is 1. The minimum atomic E-state index is 0.475. The summed E-state index contributed by atoms with van der Waals surface area (Å²) in [4.78, 5) is 5.02. The number of benzene rings is 2. The first-order valence-corrected chi connectivity index (χ1v) is 10.8. The van der Waals surface area contributed by atoms with E-state index in [1.165, 1.54) is 36.0 Å². The van der Waals surface area contributed by atoms with Crippen molar-refractivity contribution in [3.8, 4) is 0 Å². The number of rotatable bonds is 7. The fourth-order valence-electron chi connectivity index (χ4n) is 3.14. The summed E-state index contributed by atoms with van der Waals surface area (Å²) in [5.74, 6) is 0.799. The quantitative estimate of drug-likeness (QED) is 0.443. The van der Waals surface area contributed by atoms with E-state index in [0.717, 1.165) is 37.5 Å². The molecule has 0 radical (unpaired) electrons. The number of hydrogen-bond donors (Lipinski definition) is 1. The molecule has 2 aromatic carbocycles. The second-order valence-electron chi connectivity index (χ2n) is 6.91. The Hall–Kier alpha value is -2.15. The Labute approximate surface area is 172 Å². The van der Waals surface area contributed by atoms with E-state index < -0.39 is 0 Å². The summed E-state index contributed by atoms with van der Waals surface area (Å²) in [5.41, 5.74) is 9.52. The molecular formula is C22H29N5S. The van der Waals surface area contributed by atoms with Crippen molar-refractivity contribution in [2.45, 2.75) is 19.2 Å². The average Bonchev–Trinajstić information content (AvgIpc) is 2.75. The smallest absolute Gasteiger partial charge is 0.180 e. The van der Waals surface area contributed by atoms with Crippen molar-refractivity contribution in [1.29, 1.82) is 0 Å². The summed E-state index contributed by atoms with van der Waals surface area (Å²) in [6.07, 6.45) is 1.75. The molecule has 2 N–H and O–H groups in total. The van der Waals surface area contributed by atoms with E-state index in [4.69, 9.17) is 5.73 Å². The van der Waals surface area contributed by atoms with Crippen molar-refractivity contribution in [3.63, 3.8) is 0 Å². The van der Waals surface area contributed by atoms with E-state index >= 15 is 0 Å². The Morgan fingerprint density at radius 2 is 1.64 bits per heavy atom. The second kappa shape index (κ2) is 11.0. The van der Waals surface area contributed by atoms with Gasteiger partial charge in [-0.1, -0.05) is 73.3 Å². The molecule has 28 heavy (non-hydrogen) atoms. The van der Waals surface area contributed by atoms with Crippen LogP contribution in [0, 0.1) is 0 Å². The highest BCUT2D eigenvalue weighted by Gasteiger charge is 2.15. The molecular weight excluding hydrogens is 366 g/mol. The molecule has 0 bridgehead atoms. The number of thioether (sulfide) groups is 1. The predicted molar refractivity (Wildman–Crippen MR) is 121 cm³/mol. The monoisotopic (exact) mass is 395 g/mol. The summed E-state index contributed by atoms with van der Waals surface area (Å²) < 4.78 is 0. The van der Waals surface area contributed by atoms with Crippen LogP contribution in [0.2, 0.25) is 0 Å². The van der Waals surface area contributed by atoms with Crippen LogP contribution in [0.1, 0.15) is 23.6 Å². The fraction of sp³-hybridized carbons (Fsp3) is 0.364. The Morgan fingerprint density at radius 1 is 0.964 bits per heavy atom. The maximum atomic E-state index is 5.92. The lowest BCUT2D eigenvalue weighted by Crippen LogP contribution is -2.45. The van der Waals surface area contributed by atoms with Crippen LogP contribution >= 0.6 is 11.8 Å². The number of piperazine rings is 1. The van der Waals surface area contributed by atoms with Crippen LogP contribution in [-0.4, -0.2) is 53.9 Å². The van der Waals surface area contributed by atoms with Gasteiger partial charge in [-0.2, -0.15) is 5.10 Å². The maximum Gasteiger partial charge on any atom is 0.180 e. The van der Waals surface area contributed by atoms with Gasteiger partial charge < -0.3 is 10.6 Å². The molecule has 1 heterocycles. The Balaban J connectivity index is 1.44. The lowest BCUT2D eigenvalue weighted by molar-refractivity contribution is 0.132. The number of amidine groups is 1. The first-order chi connectivity index (χ1) is 13.7. The fourth-order valence-corrected chi connectivity index (χ4v) is 3.76. The summed E-state index contributed by atoms with van der Waals surface area (Å²) >= 11 is 1.49. The molecule has 3 rings (SSSR count). The van der Waals surface area contributed by atoms with Gasteiger partial charge in [0.25, 0.3) is 0 Å². The van der Waals surface area contributed by atoms with Crippen LogP contribution < -0.4 is 5.73 Å². The first-order valence-electron chi connectivity index (χ1n) is 9.80. The van der Waals surface area contributed by atoms with E-state index in [1.54, 1.807) is 6.21 Å². The van der Waals surface area contributed by atoms with Gasteiger partial charge in [-0.15, -0.1) is 5.10 Å². The summed E-state index contributed by atoms with van der Waals surface area (Å²) in [7, 11) is 0. The largest absolute Gasteiger partial charge is 0.377 e. The second-order valence-corrected chi connectivity index (χ2v) is 7.90. The van der Waals surface area contributed by atoms with Crippen LogP contribution in [0.25, 0.3) is 0 Å². The summed E-state index contributed by atoms with van der Waals surface area (Å²) in [5, 5.41) is 8.67. The molecule has 0 atom stereocenters. The van der Waals surface area contributed by atoms with Crippen LogP contribution in [-0.2, 0) is 12.3 Å². The lowest BCUT2D eigenvalue weighted by atomic mass is 10.1. The molecule has 0 amide bonds. The van der Waals surface area contributed by atoms with E-state index in [0.29, 0.717) is 5.17 Å². The van der Waals surface area contributed by atoms with Gasteiger partial charge in [-0.25, -0.2) is 0 Å². The molecule has 6 heteroatoms. The molecule has 148 valence electrons. The van der Waals surface area contributed by atoms with Crippen molar-refractivity contribution < 1.29 is 0 Å². The van der Waals surface area contributed by atoms with Crippen molar-refractivity contribution in [2.24, 2.45) is 15.9 Å². The molecule has 0 saturated carbocycles. The number of likely N-dealkylation sites (N-methyl/N-ethyl adjacent to an activating group) is 1. The maximum absolute atomic E-state index is 5.92. The van der Waals surface area contributed by atoms with Crippen molar-refractivity contribution in [1.82, 2.24) is 9.80 Å². The van der Waals surface area contributed by atoms with Gasteiger partial charge in [0.05, 0.1) is 6.21 Å². The summed E-state index contributed by atoms with van der Waals surface area (Å²) in [6, 6.07) is 18.7. The van der Waals surface area contributed by atoms with E-state index in [9.17, 15) is 0 Å². The van der Waals surface area contributed by atoms with Gasteiger partial charge in [0.2, 0.25) is 0 Å². The van der Waals surface area contributed by atoms with Crippen LogP contribution in [0.5, 0.6) is 0 Å². The minimum Gasteiger partial charge on any atom is -0.377 e. The zero-order valence-corrected chi connectivity index (χ0v) is 17.3. The molecule has 1 saturated heterocycles. The third-order valence-corrected chi connectivity index (χ3v) is 5.75. The Bertz CT molecular complexity index is 765. The highest BCUT2D eigenvalue weighted by atomic mass is 32.2. The van der Waals surface area contributed by atoms with E-state index in [2.05, 4.69) is 63.3 Å². The third kappa shape index (κ3) is 6.78. The van der Waals surface area contributed by atoms with Crippen molar-refractivity contribution >= 4 is 23.1 Å². The molecule has 0 aliphatic carbocycles. The van der Waals surface area contributed by atoms with E-state index in [-0.39, 0.29) is 0 Å². The summed E-state index contributed by atoms with van der Waals surface area (Å²) in [6.45, 7) is 9.02. The molecule has 1 aliphatic heterocycles. The average molecular weight is 396 g/mol. The first kappa shape index (κ1) is 20.6. The van der Waals surface area contributed by atoms with Crippen LogP contribution in [0.4, 0.5) is 0 Å².